The average Bonchev–Trinajstić information content (AvgIpc) is 3.26. The number of ketones is 1. The van der Waals surface area contributed by atoms with Crippen LogP contribution in [-0.4, -0.2) is 30.0 Å². The van der Waals surface area contributed by atoms with E-state index >= 15 is 0 Å². The van der Waals surface area contributed by atoms with Crippen LogP contribution in [0.3, 0.4) is 0 Å². The Morgan fingerprint density at radius 1 is 1.43 bits per heavy atom. The summed E-state index contributed by atoms with van der Waals surface area (Å²) in [5, 5.41) is 0. The highest BCUT2D eigenvalue weighted by molar-refractivity contribution is 7.18. The maximum absolute atomic E-state index is 13.7. The third-order valence-corrected chi connectivity index (χ3v) is 5.50. The number of pyridine rings is 1. The van der Waals surface area contributed by atoms with Crippen molar-refractivity contribution in [1.29, 1.82) is 0 Å². The zero-order valence-corrected chi connectivity index (χ0v) is 16.1. The molecule has 2 aromatic heterocycles. The molecule has 1 aliphatic heterocycles. The third kappa shape index (κ3) is 5.04. The van der Waals surface area contributed by atoms with Crippen LogP contribution in [0.15, 0.2) is 23.1 Å². The van der Waals surface area contributed by atoms with E-state index in [9.17, 15) is 22.8 Å². The van der Waals surface area contributed by atoms with Crippen LogP contribution in [0.1, 0.15) is 27.2 Å². The minimum atomic E-state index is -2.81. The van der Waals surface area contributed by atoms with Gasteiger partial charge in [0.05, 0.1) is 23.6 Å². The van der Waals surface area contributed by atoms with Gasteiger partial charge in [0.2, 0.25) is 0 Å². The molecule has 0 aromatic carbocycles. The molecule has 0 radical (unpaired) electrons. The predicted octanol–water partition coefficient (Wildman–Crippen LogP) is 3.78. The largest absolute Gasteiger partial charge is 0.380 e. The molecule has 1 aliphatic rings. The number of thiophene rings is 1. The first-order chi connectivity index (χ1) is 13.3. The van der Waals surface area contributed by atoms with Crippen LogP contribution in [0.25, 0.3) is 0 Å². The Morgan fingerprint density at radius 2 is 2.21 bits per heavy atom. The molecule has 0 saturated carbocycles. The Bertz CT molecular complexity index is 1000. The molecule has 0 aliphatic carbocycles. The minimum absolute atomic E-state index is 0.128. The van der Waals surface area contributed by atoms with Gasteiger partial charge in [0.1, 0.15) is 4.34 Å². The summed E-state index contributed by atoms with van der Waals surface area (Å²) in [6.07, 6.45) is -1.14. The Balaban J connectivity index is 1.77. The smallest absolute Gasteiger partial charge is 0.286 e. The fourth-order valence-corrected chi connectivity index (χ4v) is 3.86. The molecule has 28 heavy (non-hydrogen) atoms. The summed E-state index contributed by atoms with van der Waals surface area (Å²) in [6.45, 7) is 0.304. The number of carbonyl (C=O) groups excluding carboxylic acids is 1. The first kappa shape index (κ1) is 20.6. The number of aromatic nitrogens is 1. The lowest BCUT2D eigenvalue weighted by molar-refractivity contribution is 0.0996. The van der Waals surface area contributed by atoms with Crippen molar-refractivity contribution in [2.45, 2.75) is 25.8 Å². The number of hydrogen-bond donors (Lipinski definition) is 0. The van der Waals surface area contributed by atoms with E-state index in [0.29, 0.717) is 32.6 Å². The standard InChI is InChI=1S/C19H15ClF3NO3S/c20-18-13(2-1-11-3-4-27-10-11)7-16(28-18)15(25)6-12-5-14(21)19(26)24(8-12)9-17(22)23/h5,7-8,11,17H,3-4,6,9-10H2. The van der Waals surface area contributed by atoms with Crippen molar-refractivity contribution in [3.8, 4) is 11.8 Å². The van der Waals surface area contributed by atoms with Crippen LogP contribution in [0.5, 0.6) is 0 Å². The number of ether oxygens (including phenoxy) is 1. The van der Waals surface area contributed by atoms with E-state index in [1.54, 1.807) is 6.07 Å². The number of nitrogens with zero attached hydrogens (tertiary/aromatic N) is 1. The van der Waals surface area contributed by atoms with Gasteiger partial charge in [-0.25, -0.2) is 13.2 Å². The van der Waals surface area contributed by atoms with Gasteiger partial charge in [0.15, 0.2) is 11.6 Å². The SMILES string of the molecule is O=C(Cc1cc(F)c(=O)n(CC(F)F)c1)c1cc(C#CC2CCOC2)c(Cl)s1. The second-order valence-electron chi connectivity index (χ2n) is 6.27. The minimum Gasteiger partial charge on any atom is -0.380 e. The molecule has 1 fully saturated rings. The van der Waals surface area contributed by atoms with Crippen molar-refractivity contribution < 1.29 is 22.7 Å². The van der Waals surface area contributed by atoms with Crippen molar-refractivity contribution in [1.82, 2.24) is 4.57 Å². The zero-order valence-electron chi connectivity index (χ0n) is 14.5. The maximum atomic E-state index is 13.7. The molecular formula is C19H15ClF3NO3S. The molecule has 0 amide bonds. The fraction of sp³-hybridized carbons (Fsp3) is 0.368. The van der Waals surface area contributed by atoms with Crippen molar-refractivity contribution in [3.05, 3.63) is 54.8 Å². The predicted molar refractivity (Wildman–Crippen MR) is 99.8 cm³/mol. The highest BCUT2D eigenvalue weighted by Crippen LogP contribution is 2.28. The van der Waals surface area contributed by atoms with E-state index in [1.165, 1.54) is 0 Å². The van der Waals surface area contributed by atoms with E-state index in [2.05, 4.69) is 11.8 Å². The van der Waals surface area contributed by atoms with E-state index < -0.39 is 24.3 Å². The van der Waals surface area contributed by atoms with Gasteiger partial charge in [-0.3, -0.25) is 9.59 Å². The van der Waals surface area contributed by atoms with Gasteiger partial charge >= 0.3 is 0 Å². The highest BCUT2D eigenvalue weighted by atomic mass is 35.5. The Hall–Kier alpha value is -2.08. The molecule has 0 spiro atoms. The van der Waals surface area contributed by atoms with Gasteiger partial charge in [-0.2, -0.15) is 0 Å². The van der Waals surface area contributed by atoms with Crippen LogP contribution in [0, 0.1) is 23.6 Å². The van der Waals surface area contributed by atoms with E-state index in [-0.39, 0.29) is 23.7 Å². The van der Waals surface area contributed by atoms with Crippen LogP contribution < -0.4 is 5.56 Å². The third-order valence-electron chi connectivity index (χ3n) is 4.10. The highest BCUT2D eigenvalue weighted by Gasteiger charge is 2.17. The normalized spacial score (nSPS) is 16.2. The summed E-state index contributed by atoms with van der Waals surface area (Å²) in [4.78, 5) is 24.4. The van der Waals surface area contributed by atoms with Crippen LogP contribution >= 0.6 is 22.9 Å². The van der Waals surface area contributed by atoms with E-state index in [0.717, 1.165) is 30.0 Å². The topological polar surface area (TPSA) is 48.3 Å². The maximum Gasteiger partial charge on any atom is 0.286 e. The first-order valence-corrected chi connectivity index (χ1v) is 9.61. The molecular weight excluding hydrogens is 415 g/mol. The number of rotatable bonds is 5. The van der Waals surface area contributed by atoms with Gasteiger partial charge in [0, 0.05) is 25.1 Å². The summed E-state index contributed by atoms with van der Waals surface area (Å²) >= 11 is 7.20. The van der Waals surface area contributed by atoms with Crippen molar-refractivity contribution in [2.24, 2.45) is 5.92 Å². The molecule has 3 heterocycles. The Kier molecular flexibility index (Phi) is 6.60. The summed E-state index contributed by atoms with van der Waals surface area (Å²) in [6, 6.07) is 2.45. The van der Waals surface area contributed by atoms with E-state index in [1.807, 2.05) is 0 Å². The zero-order chi connectivity index (χ0) is 20.3. The van der Waals surface area contributed by atoms with E-state index in [4.69, 9.17) is 16.3 Å². The number of hydrogen-bond acceptors (Lipinski definition) is 4. The number of halogens is 4. The van der Waals surface area contributed by atoms with Crippen molar-refractivity contribution >= 4 is 28.7 Å². The van der Waals surface area contributed by atoms with Crippen molar-refractivity contribution in [2.75, 3.05) is 13.2 Å². The molecule has 4 nitrogen and oxygen atoms in total. The molecule has 0 bridgehead atoms. The van der Waals surface area contributed by atoms with Crippen LogP contribution in [0.2, 0.25) is 4.34 Å². The molecule has 1 atom stereocenters. The summed E-state index contributed by atoms with van der Waals surface area (Å²) in [7, 11) is 0. The van der Waals surface area contributed by atoms with Gasteiger partial charge in [-0.05, 0) is 24.1 Å². The van der Waals surface area contributed by atoms with Gasteiger partial charge < -0.3 is 9.30 Å². The molecule has 1 saturated heterocycles. The van der Waals surface area contributed by atoms with Crippen LogP contribution in [0.4, 0.5) is 13.2 Å². The average molecular weight is 430 g/mol. The summed E-state index contributed by atoms with van der Waals surface area (Å²) in [5.74, 6) is 4.59. The monoisotopic (exact) mass is 429 g/mol. The Morgan fingerprint density at radius 3 is 2.89 bits per heavy atom. The van der Waals surface area contributed by atoms with Gasteiger partial charge in [0.25, 0.3) is 12.0 Å². The Labute approximate surface area is 167 Å². The van der Waals surface area contributed by atoms with Gasteiger partial charge in [-0.1, -0.05) is 23.4 Å². The number of Topliss-reactive ketones (excluding diaryl/α,β-unsaturated/α-hetero) is 1. The summed E-state index contributed by atoms with van der Waals surface area (Å²) in [5.41, 5.74) is -0.497. The molecule has 2 aromatic rings. The fourth-order valence-electron chi connectivity index (χ4n) is 2.73. The first-order valence-electron chi connectivity index (χ1n) is 8.42. The number of carbonyl (C=O) groups is 1. The molecule has 9 heteroatoms. The lowest BCUT2D eigenvalue weighted by Crippen LogP contribution is -2.26. The molecule has 3 rings (SSSR count). The molecule has 148 valence electrons. The lowest BCUT2D eigenvalue weighted by Gasteiger charge is -2.08. The van der Waals surface area contributed by atoms with Crippen molar-refractivity contribution in [3.63, 3.8) is 0 Å². The van der Waals surface area contributed by atoms with Gasteiger partial charge in [-0.15, -0.1) is 11.3 Å². The van der Waals surface area contributed by atoms with Crippen LogP contribution in [-0.2, 0) is 17.7 Å². The second kappa shape index (κ2) is 8.95. The second-order valence-corrected chi connectivity index (χ2v) is 7.93. The molecule has 0 N–H and O–H groups in total. The quantitative estimate of drug-likeness (QED) is 0.537. The number of alkyl halides is 2. The summed E-state index contributed by atoms with van der Waals surface area (Å²) < 4.78 is 45.0. The molecule has 1 unspecified atom stereocenters. The lowest BCUT2D eigenvalue weighted by atomic mass is 10.1.